The van der Waals surface area contributed by atoms with Gasteiger partial charge in [0.25, 0.3) is 6.01 Å². The fourth-order valence-electron chi connectivity index (χ4n) is 2.38. The van der Waals surface area contributed by atoms with E-state index in [-0.39, 0.29) is 17.4 Å². The topological polar surface area (TPSA) is 127 Å². The minimum absolute atomic E-state index is 0.172. The lowest BCUT2D eigenvalue weighted by Gasteiger charge is -2.06. The first-order valence-corrected chi connectivity index (χ1v) is 6.97. The molecule has 3 aromatic rings. The van der Waals surface area contributed by atoms with E-state index in [0.717, 1.165) is 5.56 Å². The number of carboxylic acid groups (broad SMARTS) is 1. The normalized spacial score (nSPS) is 11.0. The SMILES string of the molecule is Cc1nc(N)c2nc(O)n(CCc3ccc(C(=O)O)cc3)c2n1. The molecule has 0 fully saturated rings. The molecular formula is C15H15N5O3. The summed E-state index contributed by atoms with van der Waals surface area (Å²) < 4.78 is 1.56. The van der Waals surface area contributed by atoms with E-state index in [1.165, 1.54) is 0 Å². The molecule has 118 valence electrons. The van der Waals surface area contributed by atoms with Crippen molar-refractivity contribution < 1.29 is 15.0 Å². The first-order chi connectivity index (χ1) is 11.0. The molecule has 0 amide bonds. The van der Waals surface area contributed by atoms with Gasteiger partial charge >= 0.3 is 5.97 Å². The maximum Gasteiger partial charge on any atom is 0.335 e. The number of aromatic carboxylic acids is 1. The maximum absolute atomic E-state index is 10.8. The third kappa shape index (κ3) is 2.78. The smallest absolute Gasteiger partial charge is 0.335 e. The van der Waals surface area contributed by atoms with Crippen molar-refractivity contribution in [2.45, 2.75) is 19.9 Å². The van der Waals surface area contributed by atoms with Crippen LogP contribution in [0.1, 0.15) is 21.7 Å². The van der Waals surface area contributed by atoms with Gasteiger partial charge in [-0.1, -0.05) is 12.1 Å². The average molecular weight is 313 g/mol. The van der Waals surface area contributed by atoms with Crippen molar-refractivity contribution in [1.82, 2.24) is 19.5 Å². The summed E-state index contributed by atoms with van der Waals surface area (Å²) in [6.45, 7) is 2.15. The van der Waals surface area contributed by atoms with Crippen LogP contribution in [0.4, 0.5) is 5.82 Å². The highest BCUT2D eigenvalue weighted by Crippen LogP contribution is 2.23. The lowest BCUT2D eigenvalue weighted by Crippen LogP contribution is -2.04. The van der Waals surface area contributed by atoms with Crippen molar-refractivity contribution >= 4 is 23.0 Å². The molecule has 0 saturated heterocycles. The Morgan fingerprint density at radius 3 is 2.57 bits per heavy atom. The van der Waals surface area contributed by atoms with Crippen LogP contribution in [0.2, 0.25) is 0 Å². The second-order valence-corrected chi connectivity index (χ2v) is 5.14. The van der Waals surface area contributed by atoms with Gasteiger partial charge in [-0.25, -0.2) is 14.8 Å². The molecule has 1 aromatic carbocycles. The number of aryl methyl sites for hydroxylation is 3. The molecule has 0 unspecified atom stereocenters. The molecule has 2 heterocycles. The Kier molecular flexibility index (Phi) is 3.57. The summed E-state index contributed by atoms with van der Waals surface area (Å²) in [6.07, 6.45) is 0.585. The summed E-state index contributed by atoms with van der Waals surface area (Å²) in [5, 5.41) is 18.9. The predicted molar refractivity (Wildman–Crippen MR) is 83.2 cm³/mol. The largest absolute Gasteiger partial charge is 0.480 e. The third-order valence-electron chi connectivity index (χ3n) is 3.54. The van der Waals surface area contributed by atoms with Gasteiger partial charge < -0.3 is 15.9 Å². The standard InChI is InChI=1S/C15H15N5O3/c1-8-17-12(16)11-13(18-8)20(15(23)19-11)7-6-9-2-4-10(5-3-9)14(21)22/h2-5H,6-7H2,1H3,(H,19,23)(H,21,22)(H2,16,17,18). The molecule has 23 heavy (non-hydrogen) atoms. The van der Waals surface area contributed by atoms with E-state index < -0.39 is 5.97 Å². The summed E-state index contributed by atoms with van der Waals surface area (Å²) in [7, 11) is 0. The Morgan fingerprint density at radius 2 is 1.91 bits per heavy atom. The number of benzene rings is 1. The van der Waals surface area contributed by atoms with Crippen LogP contribution in [0.15, 0.2) is 24.3 Å². The molecule has 0 aliphatic heterocycles. The number of nitrogens with two attached hydrogens (primary N) is 1. The molecule has 8 heteroatoms. The predicted octanol–water partition coefficient (Wildman–Crippen LogP) is 1.36. The molecule has 0 spiro atoms. The number of hydrogen-bond acceptors (Lipinski definition) is 6. The van der Waals surface area contributed by atoms with Crippen LogP contribution in [0.25, 0.3) is 11.2 Å². The number of carbonyl (C=O) groups is 1. The second kappa shape index (κ2) is 5.56. The summed E-state index contributed by atoms with van der Waals surface area (Å²) in [5.74, 6) is -0.230. The van der Waals surface area contributed by atoms with Crippen molar-refractivity contribution in [2.24, 2.45) is 0 Å². The number of nitrogens with zero attached hydrogens (tertiary/aromatic N) is 4. The molecule has 4 N–H and O–H groups in total. The number of imidazole rings is 1. The third-order valence-corrected chi connectivity index (χ3v) is 3.54. The minimum Gasteiger partial charge on any atom is -0.480 e. The summed E-state index contributed by atoms with van der Waals surface area (Å²) in [5.41, 5.74) is 7.83. The van der Waals surface area contributed by atoms with Crippen LogP contribution < -0.4 is 5.73 Å². The molecular weight excluding hydrogens is 298 g/mol. The van der Waals surface area contributed by atoms with E-state index in [4.69, 9.17) is 10.8 Å². The molecule has 2 aromatic heterocycles. The Hall–Kier alpha value is -3.16. The first kappa shape index (κ1) is 14.8. The van der Waals surface area contributed by atoms with Gasteiger partial charge in [-0.2, -0.15) is 4.98 Å². The fraction of sp³-hybridized carbons (Fsp3) is 0.200. The minimum atomic E-state index is -0.961. The van der Waals surface area contributed by atoms with E-state index in [0.29, 0.717) is 30.0 Å². The molecule has 3 rings (SSSR count). The van der Waals surface area contributed by atoms with E-state index >= 15 is 0 Å². The van der Waals surface area contributed by atoms with Crippen molar-refractivity contribution in [2.75, 3.05) is 5.73 Å². The highest BCUT2D eigenvalue weighted by Gasteiger charge is 2.15. The van der Waals surface area contributed by atoms with Gasteiger partial charge in [-0.3, -0.25) is 4.57 Å². The van der Waals surface area contributed by atoms with Crippen LogP contribution in [0.3, 0.4) is 0 Å². The number of aromatic hydroxyl groups is 1. The van der Waals surface area contributed by atoms with E-state index in [9.17, 15) is 9.90 Å². The van der Waals surface area contributed by atoms with Gasteiger partial charge in [0, 0.05) is 6.54 Å². The Labute approximate surface area is 131 Å². The number of carboxylic acids is 1. The van der Waals surface area contributed by atoms with E-state index in [2.05, 4.69) is 15.0 Å². The van der Waals surface area contributed by atoms with Crippen molar-refractivity contribution in [3.63, 3.8) is 0 Å². The zero-order valence-corrected chi connectivity index (χ0v) is 12.4. The Morgan fingerprint density at radius 1 is 1.22 bits per heavy atom. The fourth-order valence-corrected chi connectivity index (χ4v) is 2.38. The number of aromatic nitrogens is 4. The highest BCUT2D eigenvalue weighted by molar-refractivity contribution is 5.87. The molecule has 8 nitrogen and oxygen atoms in total. The van der Waals surface area contributed by atoms with Crippen molar-refractivity contribution in [3.8, 4) is 6.01 Å². The van der Waals surface area contributed by atoms with Gasteiger partial charge in [-0.05, 0) is 31.0 Å². The van der Waals surface area contributed by atoms with Gasteiger partial charge in [-0.15, -0.1) is 0 Å². The average Bonchev–Trinajstić information content (AvgIpc) is 2.82. The highest BCUT2D eigenvalue weighted by atomic mass is 16.4. The van der Waals surface area contributed by atoms with Gasteiger partial charge in [0.05, 0.1) is 5.56 Å². The summed E-state index contributed by atoms with van der Waals surface area (Å²) >= 11 is 0. The Balaban J connectivity index is 1.87. The number of anilines is 1. The van der Waals surface area contributed by atoms with E-state index in [1.54, 1.807) is 35.8 Å². The summed E-state index contributed by atoms with van der Waals surface area (Å²) in [4.78, 5) is 23.1. The lowest BCUT2D eigenvalue weighted by atomic mass is 10.1. The van der Waals surface area contributed by atoms with Crippen LogP contribution >= 0.6 is 0 Å². The zero-order valence-electron chi connectivity index (χ0n) is 12.4. The number of rotatable bonds is 4. The molecule has 0 aliphatic carbocycles. The monoisotopic (exact) mass is 313 g/mol. The van der Waals surface area contributed by atoms with Crippen molar-refractivity contribution in [3.05, 3.63) is 41.2 Å². The summed E-state index contributed by atoms with van der Waals surface area (Å²) in [6, 6.07) is 6.41. The quantitative estimate of drug-likeness (QED) is 0.663. The van der Waals surface area contributed by atoms with Crippen molar-refractivity contribution in [1.29, 1.82) is 0 Å². The first-order valence-electron chi connectivity index (χ1n) is 6.97. The number of hydrogen-bond donors (Lipinski definition) is 3. The lowest BCUT2D eigenvalue weighted by molar-refractivity contribution is 0.0697. The molecule has 0 bridgehead atoms. The van der Waals surface area contributed by atoms with Gasteiger partial charge in [0.15, 0.2) is 17.0 Å². The number of nitrogen functional groups attached to an aromatic ring is 1. The molecule has 0 atom stereocenters. The molecule has 0 radical (unpaired) electrons. The Bertz CT molecular complexity index is 886. The van der Waals surface area contributed by atoms with Crippen LogP contribution in [0.5, 0.6) is 6.01 Å². The maximum atomic E-state index is 10.8. The molecule has 0 saturated carbocycles. The van der Waals surface area contributed by atoms with Gasteiger partial charge in [0.2, 0.25) is 0 Å². The second-order valence-electron chi connectivity index (χ2n) is 5.14. The molecule has 0 aliphatic rings. The zero-order chi connectivity index (χ0) is 16.6. The van der Waals surface area contributed by atoms with Crippen LogP contribution in [-0.2, 0) is 13.0 Å². The van der Waals surface area contributed by atoms with Crippen LogP contribution in [-0.4, -0.2) is 35.7 Å². The van der Waals surface area contributed by atoms with E-state index in [1.807, 2.05) is 0 Å². The van der Waals surface area contributed by atoms with Crippen LogP contribution in [0, 0.1) is 6.92 Å². The van der Waals surface area contributed by atoms with Gasteiger partial charge in [0.1, 0.15) is 5.82 Å². The number of fused-ring (bicyclic) bond motifs is 1.